The number of aromatic nitrogens is 2. The van der Waals surface area contributed by atoms with Gasteiger partial charge in [0.2, 0.25) is 0 Å². The van der Waals surface area contributed by atoms with Gasteiger partial charge >= 0.3 is 0 Å². The molecule has 3 aromatic carbocycles. The van der Waals surface area contributed by atoms with Crippen LogP contribution < -0.4 is 15.4 Å². The summed E-state index contributed by atoms with van der Waals surface area (Å²) in [4.78, 5) is 22.1. The molecule has 0 saturated carbocycles. The minimum Gasteiger partial charge on any atom is -0.484 e. The van der Waals surface area contributed by atoms with E-state index in [9.17, 15) is 14.3 Å². The number of rotatable bonds is 11. The second-order valence-electron chi connectivity index (χ2n) is 9.35. The van der Waals surface area contributed by atoms with Gasteiger partial charge in [-0.25, -0.2) is 9.37 Å². The Morgan fingerprint density at radius 2 is 1.49 bits per heavy atom. The number of para-hydroxylation sites is 1. The fraction of sp³-hybridized carbons (Fsp3) is 0.121. The Morgan fingerprint density at radius 1 is 0.805 bits per heavy atom. The lowest BCUT2D eigenvalue weighted by atomic mass is 9.82. The molecular weight excluding hydrogens is 519 g/mol. The highest BCUT2D eigenvalue weighted by atomic mass is 19.1. The van der Waals surface area contributed by atoms with Crippen LogP contribution in [-0.4, -0.2) is 27.6 Å². The summed E-state index contributed by atoms with van der Waals surface area (Å²) in [5.41, 5.74) is 2.65. The highest BCUT2D eigenvalue weighted by molar-refractivity contribution is 5.92. The first-order valence-electron chi connectivity index (χ1n) is 13.2. The van der Waals surface area contributed by atoms with Gasteiger partial charge in [0.05, 0.1) is 18.1 Å². The third-order valence-electron chi connectivity index (χ3n) is 6.59. The molecule has 8 heteroatoms. The molecule has 7 nitrogen and oxygen atoms in total. The van der Waals surface area contributed by atoms with E-state index in [2.05, 4.69) is 20.6 Å². The lowest BCUT2D eigenvalue weighted by Crippen LogP contribution is -2.28. The minimum atomic E-state index is -0.946. The Hall–Kier alpha value is -5.08. The summed E-state index contributed by atoms with van der Waals surface area (Å²) in [7, 11) is 0. The van der Waals surface area contributed by atoms with Crippen molar-refractivity contribution in [2.75, 3.05) is 17.2 Å². The number of halogens is 1. The van der Waals surface area contributed by atoms with Crippen molar-refractivity contribution >= 4 is 17.4 Å². The molecule has 2 aromatic heterocycles. The largest absolute Gasteiger partial charge is 0.484 e. The number of amides is 1. The zero-order valence-electron chi connectivity index (χ0n) is 22.1. The van der Waals surface area contributed by atoms with Crippen LogP contribution in [0, 0.1) is 5.82 Å². The number of aliphatic hydroxyl groups is 1. The number of aliphatic hydroxyl groups excluding tert-OH is 1. The van der Waals surface area contributed by atoms with E-state index in [1.807, 2.05) is 84.9 Å². The highest BCUT2D eigenvalue weighted by Crippen LogP contribution is 2.43. The topological polar surface area (TPSA) is 96.4 Å². The van der Waals surface area contributed by atoms with Gasteiger partial charge in [-0.1, -0.05) is 60.7 Å². The lowest BCUT2D eigenvalue weighted by molar-refractivity contribution is -0.118. The quantitative estimate of drug-likeness (QED) is 0.179. The van der Waals surface area contributed by atoms with Crippen LogP contribution in [0.15, 0.2) is 128 Å². The summed E-state index contributed by atoms with van der Waals surface area (Å²) in [5, 5.41) is 18.2. The van der Waals surface area contributed by atoms with E-state index in [1.54, 1.807) is 18.5 Å². The Labute approximate surface area is 237 Å². The third kappa shape index (κ3) is 7.12. The summed E-state index contributed by atoms with van der Waals surface area (Å²) in [5.74, 6) is -0.377. The van der Waals surface area contributed by atoms with E-state index in [4.69, 9.17) is 4.74 Å². The van der Waals surface area contributed by atoms with Crippen LogP contribution in [0.4, 0.5) is 15.9 Å². The van der Waals surface area contributed by atoms with Crippen molar-refractivity contribution in [1.29, 1.82) is 0 Å². The normalized spacial score (nSPS) is 13.0. The molecule has 0 spiro atoms. The van der Waals surface area contributed by atoms with E-state index < -0.39 is 24.0 Å². The van der Waals surface area contributed by atoms with Crippen molar-refractivity contribution in [2.45, 2.75) is 18.1 Å². The Kier molecular flexibility index (Phi) is 8.93. The monoisotopic (exact) mass is 548 g/mol. The van der Waals surface area contributed by atoms with Crippen LogP contribution in [0.5, 0.6) is 5.75 Å². The number of ether oxygens (including phenoxy) is 1. The molecule has 0 bridgehead atoms. The van der Waals surface area contributed by atoms with Gasteiger partial charge < -0.3 is 20.5 Å². The molecule has 41 heavy (non-hydrogen) atoms. The zero-order valence-corrected chi connectivity index (χ0v) is 22.1. The summed E-state index contributed by atoms with van der Waals surface area (Å²) >= 11 is 0. The number of pyridine rings is 2. The number of hydrogen-bond acceptors (Lipinski definition) is 6. The number of anilines is 2. The molecule has 0 unspecified atom stereocenters. The van der Waals surface area contributed by atoms with Crippen LogP contribution in [0.25, 0.3) is 0 Å². The molecule has 0 radical (unpaired) electrons. The second-order valence-corrected chi connectivity index (χ2v) is 9.35. The van der Waals surface area contributed by atoms with Gasteiger partial charge in [-0.3, -0.25) is 9.78 Å². The first kappa shape index (κ1) is 27.5. The standard InChI is InChI=1S/C33H29FN4O3/c34-24-16-18-25(19-17-24)41-22-30(39)37-27-13-5-4-12-26(27)32(38-29-15-7-9-21-36-29)31(28-14-6-8-20-35-28)33(40)23-10-2-1-3-11-23/h1-21,31-33,40H,22H2,(H,36,38)(H,37,39)/t31-,32+,33+/m0/s1. The van der Waals surface area contributed by atoms with E-state index in [0.29, 0.717) is 22.9 Å². The van der Waals surface area contributed by atoms with Crippen LogP contribution in [0.3, 0.4) is 0 Å². The Balaban J connectivity index is 1.51. The molecule has 0 aliphatic heterocycles. The summed E-state index contributed by atoms with van der Waals surface area (Å²) < 4.78 is 18.8. The highest BCUT2D eigenvalue weighted by Gasteiger charge is 2.35. The maximum absolute atomic E-state index is 13.2. The summed E-state index contributed by atoms with van der Waals surface area (Å²) in [6.07, 6.45) is 2.43. The Morgan fingerprint density at radius 3 is 2.20 bits per heavy atom. The maximum Gasteiger partial charge on any atom is 0.262 e. The minimum absolute atomic E-state index is 0.269. The van der Waals surface area contributed by atoms with Gasteiger partial charge in [0.15, 0.2) is 6.61 Å². The lowest BCUT2D eigenvalue weighted by Gasteiger charge is -2.33. The molecule has 2 heterocycles. The van der Waals surface area contributed by atoms with Gasteiger partial charge in [-0.2, -0.15) is 0 Å². The van der Waals surface area contributed by atoms with Crippen molar-refractivity contribution in [2.24, 2.45) is 0 Å². The fourth-order valence-corrected chi connectivity index (χ4v) is 4.66. The number of hydrogen-bond donors (Lipinski definition) is 3. The smallest absolute Gasteiger partial charge is 0.262 e. The van der Waals surface area contributed by atoms with Crippen molar-refractivity contribution in [3.8, 4) is 5.75 Å². The SMILES string of the molecule is O=C(COc1ccc(F)cc1)Nc1ccccc1[C@@H](Nc1ccccn1)[C@H](c1ccccn1)[C@H](O)c1ccccc1. The average Bonchev–Trinajstić information content (AvgIpc) is 3.02. The molecule has 0 saturated heterocycles. The van der Waals surface area contributed by atoms with E-state index in [0.717, 1.165) is 11.1 Å². The summed E-state index contributed by atoms with van der Waals surface area (Å²) in [6.45, 7) is -0.269. The molecule has 0 aliphatic rings. The first-order valence-corrected chi connectivity index (χ1v) is 13.2. The predicted octanol–water partition coefficient (Wildman–Crippen LogP) is 6.30. The second kappa shape index (κ2) is 13.3. The average molecular weight is 549 g/mol. The fourth-order valence-electron chi connectivity index (χ4n) is 4.66. The molecule has 206 valence electrons. The molecule has 3 atom stereocenters. The molecule has 1 amide bonds. The van der Waals surface area contributed by atoms with Crippen molar-refractivity contribution in [3.63, 3.8) is 0 Å². The third-order valence-corrected chi connectivity index (χ3v) is 6.59. The maximum atomic E-state index is 13.2. The number of carbonyl (C=O) groups is 1. The molecule has 0 fully saturated rings. The van der Waals surface area contributed by atoms with Crippen LogP contribution in [0.1, 0.15) is 34.9 Å². The van der Waals surface area contributed by atoms with Crippen molar-refractivity contribution in [3.05, 3.63) is 150 Å². The number of nitrogens with one attached hydrogen (secondary N) is 2. The van der Waals surface area contributed by atoms with E-state index >= 15 is 0 Å². The van der Waals surface area contributed by atoms with Crippen molar-refractivity contribution in [1.82, 2.24) is 9.97 Å². The number of benzene rings is 3. The van der Waals surface area contributed by atoms with Gasteiger partial charge in [-0.15, -0.1) is 0 Å². The molecule has 0 aliphatic carbocycles. The van der Waals surface area contributed by atoms with Gasteiger partial charge in [0.25, 0.3) is 5.91 Å². The van der Waals surface area contributed by atoms with Crippen molar-refractivity contribution < 1.29 is 19.0 Å². The summed E-state index contributed by atoms with van der Waals surface area (Å²) in [6, 6.07) is 32.8. The van der Waals surface area contributed by atoms with Crippen LogP contribution in [0.2, 0.25) is 0 Å². The van der Waals surface area contributed by atoms with E-state index in [-0.39, 0.29) is 12.4 Å². The van der Waals surface area contributed by atoms with Crippen LogP contribution >= 0.6 is 0 Å². The molecule has 5 aromatic rings. The predicted molar refractivity (Wildman–Crippen MR) is 156 cm³/mol. The van der Waals surface area contributed by atoms with Gasteiger partial charge in [-0.05, 0) is 65.7 Å². The van der Waals surface area contributed by atoms with E-state index in [1.165, 1.54) is 24.3 Å². The van der Waals surface area contributed by atoms with Crippen LogP contribution in [-0.2, 0) is 4.79 Å². The number of nitrogens with zero attached hydrogens (tertiary/aromatic N) is 2. The molecular formula is C33H29FN4O3. The number of carbonyl (C=O) groups excluding carboxylic acids is 1. The molecule has 5 rings (SSSR count). The van der Waals surface area contributed by atoms with Gasteiger partial charge in [0.1, 0.15) is 17.4 Å². The zero-order chi connectivity index (χ0) is 28.4. The van der Waals surface area contributed by atoms with Gasteiger partial charge in [0, 0.05) is 23.8 Å². The molecule has 3 N–H and O–H groups in total. The first-order chi connectivity index (χ1) is 20.1. The Bertz CT molecular complexity index is 1540.